The molecule has 2 rings (SSSR count). The normalized spacial score (nSPS) is 37.1. The SMILES string of the molecule is NCC1(NCC2CCCO2)CCCS(=O)(=O)C1. The molecule has 0 aromatic carbocycles. The van der Waals surface area contributed by atoms with E-state index in [0.717, 1.165) is 25.9 Å². The van der Waals surface area contributed by atoms with Gasteiger partial charge in [0.1, 0.15) is 0 Å². The van der Waals surface area contributed by atoms with Gasteiger partial charge in [-0.2, -0.15) is 0 Å². The van der Waals surface area contributed by atoms with E-state index < -0.39 is 15.4 Å². The van der Waals surface area contributed by atoms with Crippen LogP contribution in [0.4, 0.5) is 0 Å². The van der Waals surface area contributed by atoms with E-state index in [1.54, 1.807) is 0 Å². The Hall–Kier alpha value is -0.170. The van der Waals surface area contributed by atoms with Gasteiger partial charge in [-0.1, -0.05) is 0 Å². The first-order chi connectivity index (χ1) is 8.05. The molecule has 0 aliphatic carbocycles. The first-order valence-corrected chi connectivity index (χ1v) is 8.15. The number of rotatable bonds is 4. The van der Waals surface area contributed by atoms with Crippen molar-refractivity contribution in [1.29, 1.82) is 0 Å². The summed E-state index contributed by atoms with van der Waals surface area (Å²) in [6.45, 7) is 1.91. The highest BCUT2D eigenvalue weighted by Crippen LogP contribution is 2.23. The summed E-state index contributed by atoms with van der Waals surface area (Å²) in [6.07, 6.45) is 3.93. The van der Waals surface area contributed by atoms with Gasteiger partial charge in [0.25, 0.3) is 0 Å². The number of hydrogen-bond acceptors (Lipinski definition) is 5. The molecule has 2 atom stereocenters. The summed E-state index contributed by atoms with van der Waals surface area (Å²) in [7, 11) is -2.93. The number of nitrogens with two attached hydrogens (primary N) is 1. The number of ether oxygens (including phenoxy) is 1. The number of sulfone groups is 1. The summed E-state index contributed by atoms with van der Waals surface area (Å²) in [5.74, 6) is 0.472. The van der Waals surface area contributed by atoms with Crippen molar-refractivity contribution in [3.63, 3.8) is 0 Å². The molecular weight excluding hydrogens is 240 g/mol. The summed E-state index contributed by atoms with van der Waals surface area (Å²) in [5.41, 5.74) is 5.35. The zero-order valence-corrected chi connectivity index (χ0v) is 11.0. The van der Waals surface area contributed by atoms with Gasteiger partial charge in [0.15, 0.2) is 9.84 Å². The molecule has 2 fully saturated rings. The van der Waals surface area contributed by atoms with Crippen molar-refractivity contribution in [1.82, 2.24) is 5.32 Å². The topological polar surface area (TPSA) is 81.4 Å². The predicted octanol–water partition coefficient (Wildman–Crippen LogP) is -0.339. The van der Waals surface area contributed by atoms with Crippen LogP contribution in [0, 0.1) is 0 Å². The van der Waals surface area contributed by atoms with Gasteiger partial charge in [0.05, 0.1) is 17.6 Å². The lowest BCUT2D eigenvalue weighted by atomic mass is 9.95. The van der Waals surface area contributed by atoms with Crippen LogP contribution in [0.3, 0.4) is 0 Å². The Balaban J connectivity index is 1.93. The van der Waals surface area contributed by atoms with Crippen LogP contribution < -0.4 is 11.1 Å². The van der Waals surface area contributed by atoms with Gasteiger partial charge in [0, 0.05) is 25.2 Å². The monoisotopic (exact) mass is 262 g/mol. The second-order valence-electron chi connectivity index (χ2n) is 5.20. The van der Waals surface area contributed by atoms with Gasteiger partial charge in [-0.3, -0.25) is 0 Å². The molecule has 0 aromatic heterocycles. The molecule has 0 bridgehead atoms. The zero-order valence-electron chi connectivity index (χ0n) is 10.2. The molecule has 2 heterocycles. The summed E-state index contributed by atoms with van der Waals surface area (Å²) >= 11 is 0. The fourth-order valence-corrected chi connectivity index (χ4v) is 4.64. The fraction of sp³-hybridized carbons (Fsp3) is 1.00. The maximum absolute atomic E-state index is 11.7. The largest absolute Gasteiger partial charge is 0.377 e. The lowest BCUT2D eigenvalue weighted by Gasteiger charge is -2.37. The van der Waals surface area contributed by atoms with Gasteiger partial charge >= 0.3 is 0 Å². The van der Waals surface area contributed by atoms with Crippen molar-refractivity contribution in [2.24, 2.45) is 5.73 Å². The molecule has 0 amide bonds. The highest BCUT2D eigenvalue weighted by molar-refractivity contribution is 7.91. The molecule has 100 valence electrons. The smallest absolute Gasteiger partial charge is 0.152 e. The molecule has 17 heavy (non-hydrogen) atoms. The van der Waals surface area contributed by atoms with E-state index in [-0.39, 0.29) is 11.9 Å². The standard InChI is InChI=1S/C11H22N2O3S/c12-8-11(4-2-6-17(14,15)9-11)13-7-10-3-1-5-16-10/h10,13H,1-9,12H2. The maximum atomic E-state index is 11.7. The van der Waals surface area contributed by atoms with Crippen LogP contribution >= 0.6 is 0 Å². The highest BCUT2D eigenvalue weighted by atomic mass is 32.2. The Morgan fingerprint density at radius 3 is 2.82 bits per heavy atom. The Morgan fingerprint density at radius 2 is 2.24 bits per heavy atom. The van der Waals surface area contributed by atoms with Crippen molar-refractivity contribution >= 4 is 9.84 Å². The van der Waals surface area contributed by atoms with E-state index in [4.69, 9.17) is 10.5 Å². The third-order valence-corrected chi connectivity index (χ3v) is 5.63. The fourth-order valence-electron chi connectivity index (χ4n) is 2.70. The minimum absolute atomic E-state index is 0.170. The van der Waals surface area contributed by atoms with Crippen LogP contribution in [-0.4, -0.2) is 51.3 Å². The molecule has 5 nitrogen and oxygen atoms in total. The summed E-state index contributed by atoms with van der Waals surface area (Å²) in [4.78, 5) is 0. The lowest BCUT2D eigenvalue weighted by molar-refractivity contribution is 0.101. The molecule has 0 spiro atoms. The zero-order chi connectivity index (χ0) is 12.4. The Morgan fingerprint density at radius 1 is 1.41 bits per heavy atom. The van der Waals surface area contributed by atoms with Crippen LogP contribution in [0.2, 0.25) is 0 Å². The molecule has 2 saturated heterocycles. The minimum Gasteiger partial charge on any atom is -0.377 e. The summed E-state index contributed by atoms with van der Waals surface area (Å²) in [6, 6.07) is 0. The van der Waals surface area contributed by atoms with Crippen LogP contribution in [0.5, 0.6) is 0 Å². The van der Waals surface area contributed by atoms with E-state index in [1.165, 1.54) is 0 Å². The third-order valence-electron chi connectivity index (χ3n) is 3.73. The molecule has 2 aliphatic rings. The van der Waals surface area contributed by atoms with Crippen LogP contribution in [0.15, 0.2) is 0 Å². The molecule has 2 aliphatic heterocycles. The molecule has 3 N–H and O–H groups in total. The first-order valence-electron chi connectivity index (χ1n) is 6.32. The number of hydrogen-bond donors (Lipinski definition) is 2. The lowest BCUT2D eigenvalue weighted by Crippen LogP contribution is -2.59. The van der Waals surface area contributed by atoms with Gasteiger partial charge in [-0.15, -0.1) is 0 Å². The van der Waals surface area contributed by atoms with Crippen LogP contribution in [0.1, 0.15) is 25.7 Å². The Labute approximate surface area is 103 Å². The van der Waals surface area contributed by atoms with Gasteiger partial charge < -0.3 is 15.8 Å². The quantitative estimate of drug-likeness (QED) is 0.724. The number of nitrogens with one attached hydrogen (secondary N) is 1. The first kappa shape index (κ1) is 13.3. The van der Waals surface area contributed by atoms with E-state index in [1.807, 2.05) is 0 Å². The average molecular weight is 262 g/mol. The van der Waals surface area contributed by atoms with Crippen molar-refractivity contribution in [2.45, 2.75) is 37.3 Å². The van der Waals surface area contributed by atoms with E-state index in [2.05, 4.69) is 5.32 Å². The van der Waals surface area contributed by atoms with E-state index >= 15 is 0 Å². The Bertz CT molecular complexity index is 352. The van der Waals surface area contributed by atoms with E-state index in [9.17, 15) is 8.42 Å². The Kier molecular flexibility index (Phi) is 4.07. The van der Waals surface area contributed by atoms with Crippen molar-refractivity contribution in [2.75, 3.05) is 31.2 Å². The van der Waals surface area contributed by atoms with E-state index in [0.29, 0.717) is 25.3 Å². The molecule has 0 saturated carbocycles. The van der Waals surface area contributed by atoms with Gasteiger partial charge in [-0.25, -0.2) is 8.42 Å². The summed E-state index contributed by atoms with van der Waals surface area (Å²) < 4.78 is 28.9. The van der Waals surface area contributed by atoms with Crippen molar-refractivity contribution in [3.8, 4) is 0 Å². The molecule has 6 heteroatoms. The second-order valence-corrected chi connectivity index (χ2v) is 7.38. The molecule has 2 unspecified atom stereocenters. The van der Waals surface area contributed by atoms with Crippen molar-refractivity contribution in [3.05, 3.63) is 0 Å². The van der Waals surface area contributed by atoms with Gasteiger partial charge in [-0.05, 0) is 25.7 Å². The van der Waals surface area contributed by atoms with Crippen LogP contribution in [-0.2, 0) is 14.6 Å². The predicted molar refractivity (Wildman–Crippen MR) is 66.6 cm³/mol. The highest BCUT2D eigenvalue weighted by Gasteiger charge is 2.38. The average Bonchev–Trinajstić information content (AvgIpc) is 2.78. The second kappa shape index (κ2) is 5.22. The molecule has 0 radical (unpaired) electrons. The molecule has 0 aromatic rings. The van der Waals surface area contributed by atoms with Gasteiger partial charge in [0.2, 0.25) is 0 Å². The third kappa shape index (κ3) is 3.40. The summed E-state index contributed by atoms with van der Waals surface area (Å²) in [5, 5.41) is 3.35. The van der Waals surface area contributed by atoms with Crippen LogP contribution in [0.25, 0.3) is 0 Å². The minimum atomic E-state index is -2.93. The molecular formula is C11H22N2O3S. The van der Waals surface area contributed by atoms with Crippen molar-refractivity contribution < 1.29 is 13.2 Å². The maximum Gasteiger partial charge on any atom is 0.152 e.